The van der Waals surface area contributed by atoms with Gasteiger partial charge in [-0.2, -0.15) is 0 Å². The van der Waals surface area contributed by atoms with E-state index in [0.717, 1.165) is 10.6 Å². The predicted molar refractivity (Wildman–Crippen MR) is 67.8 cm³/mol. The van der Waals surface area contributed by atoms with Gasteiger partial charge >= 0.3 is 0 Å². The number of aromatic nitrogens is 2. The fourth-order valence-corrected chi connectivity index (χ4v) is 1.99. The number of nitrogen functional groups attached to an aromatic ring is 1. The maximum atomic E-state index is 11.7. The van der Waals surface area contributed by atoms with Crippen molar-refractivity contribution in [3.8, 4) is 0 Å². The van der Waals surface area contributed by atoms with Crippen LogP contribution >= 0.6 is 11.3 Å². The van der Waals surface area contributed by atoms with Crippen molar-refractivity contribution in [3.05, 3.63) is 34.8 Å². The van der Waals surface area contributed by atoms with Gasteiger partial charge in [0.25, 0.3) is 0 Å². The average molecular weight is 248 g/mol. The summed E-state index contributed by atoms with van der Waals surface area (Å²) in [6.45, 7) is 1.84. The fraction of sp³-hybridized carbons (Fsp3) is 0.182. The zero-order valence-corrected chi connectivity index (χ0v) is 10.1. The van der Waals surface area contributed by atoms with Crippen LogP contribution < -0.4 is 11.1 Å². The molecule has 1 amide bonds. The minimum Gasteiger partial charge on any atom is -0.398 e. The highest BCUT2D eigenvalue weighted by Gasteiger charge is 2.08. The van der Waals surface area contributed by atoms with Crippen LogP contribution in [-0.2, 0) is 11.2 Å². The van der Waals surface area contributed by atoms with Crippen molar-refractivity contribution in [1.82, 2.24) is 10.2 Å². The van der Waals surface area contributed by atoms with Gasteiger partial charge in [-0.3, -0.25) is 4.79 Å². The molecule has 3 N–H and O–H groups in total. The molecule has 5 nitrogen and oxygen atoms in total. The molecule has 88 valence electrons. The lowest BCUT2D eigenvalue weighted by Crippen LogP contribution is -2.15. The van der Waals surface area contributed by atoms with Crippen molar-refractivity contribution in [1.29, 1.82) is 0 Å². The summed E-state index contributed by atoms with van der Waals surface area (Å²) >= 11 is 1.35. The topological polar surface area (TPSA) is 80.9 Å². The number of hydrogen-bond donors (Lipinski definition) is 2. The fourth-order valence-electron chi connectivity index (χ4n) is 1.38. The largest absolute Gasteiger partial charge is 0.398 e. The first-order valence-corrected chi connectivity index (χ1v) is 5.90. The van der Waals surface area contributed by atoms with Crippen LogP contribution in [0.5, 0.6) is 0 Å². The number of rotatable bonds is 3. The summed E-state index contributed by atoms with van der Waals surface area (Å²) in [6.07, 6.45) is 0.241. The molecular weight excluding hydrogens is 236 g/mol. The maximum Gasteiger partial charge on any atom is 0.230 e. The minimum atomic E-state index is -0.140. The highest BCUT2D eigenvalue weighted by molar-refractivity contribution is 7.15. The van der Waals surface area contributed by atoms with E-state index >= 15 is 0 Å². The first kappa shape index (κ1) is 11.5. The van der Waals surface area contributed by atoms with Crippen LogP contribution in [0.3, 0.4) is 0 Å². The lowest BCUT2D eigenvalue weighted by atomic mass is 10.1. The number of nitrogens with zero attached hydrogens (tertiary/aromatic N) is 2. The molecule has 0 unspecified atom stereocenters. The van der Waals surface area contributed by atoms with Gasteiger partial charge < -0.3 is 11.1 Å². The zero-order valence-electron chi connectivity index (χ0n) is 9.30. The molecule has 0 saturated carbocycles. The molecule has 0 aliphatic heterocycles. The van der Waals surface area contributed by atoms with E-state index in [1.807, 2.05) is 25.1 Å². The minimum absolute atomic E-state index is 0.140. The molecule has 1 aromatic heterocycles. The number of nitrogens with two attached hydrogens (primary N) is 1. The molecule has 2 rings (SSSR count). The monoisotopic (exact) mass is 248 g/mol. The smallest absolute Gasteiger partial charge is 0.230 e. The Kier molecular flexibility index (Phi) is 3.34. The molecule has 0 aliphatic carbocycles. The second-order valence-corrected chi connectivity index (χ2v) is 4.73. The van der Waals surface area contributed by atoms with Gasteiger partial charge in [-0.15, -0.1) is 10.2 Å². The molecule has 1 aromatic carbocycles. The summed E-state index contributed by atoms with van der Waals surface area (Å²) in [5.41, 5.74) is 7.19. The van der Waals surface area contributed by atoms with Gasteiger partial charge in [-0.25, -0.2) is 0 Å². The van der Waals surface area contributed by atoms with Gasteiger partial charge in [0.05, 0.1) is 6.42 Å². The van der Waals surface area contributed by atoms with Crippen molar-refractivity contribution in [2.75, 3.05) is 11.1 Å². The van der Waals surface area contributed by atoms with Gasteiger partial charge in [0.15, 0.2) is 0 Å². The molecule has 6 heteroatoms. The van der Waals surface area contributed by atoms with Crippen molar-refractivity contribution in [2.45, 2.75) is 13.3 Å². The Morgan fingerprint density at radius 3 is 2.82 bits per heavy atom. The highest BCUT2D eigenvalue weighted by atomic mass is 32.1. The normalized spacial score (nSPS) is 10.2. The molecule has 17 heavy (non-hydrogen) atoms. The van der Waals surface area contributed by atoms with Gasteiger partial charge in [-0.05, 0) is 18.6 Å². The van der Waals surface area contributed by atoms with E-state index in [1.54, 1.807) is 6.07 Å². The number of benzene rings is 1. The second kappa shape index (κ2) is 4.92. The Morgan fingerprint density at radius 1 is 1.41 bits per heavy atom. The Hall–Kier alpha value is -1.95. The van der Waals surface area contributed by atoms with E-state index < -0.39 is 0 Å². The number of hydrogen-bond acceptors (Lipinski definition) is 5. The van der Waals surface area contributed by atoms with Crippen LogP contribution in [0, 0.1) is 6.92 Å². The first-order valence-electron chi connectivity index (χ1n) is 5.08. The van der Waals surface area contributed by atoms with Crippen LogP contribution in [-0.4, -0.2) is 16.1 Å². The van der Waals surface area contributed by atoms with Gasteiger partial charge in [0.2, 0.25) is 11.0 Å². The van der Waals surface area contributed by atoms with E-state index in [4.69, 9.17) is 5.73 Å². The van der Waals surface area contributed by atoms with Crippen LogP contribution in [0.2, 0.25) is 0 Å². The Balaban J connectivity index is 2.01. The van der Waals surface area contributed by atoms with Crippen molar-refractivity contribution >= 4 is 28.1 Å². The third-order valence-electron chi connectivity index (χ3n) is 2.18. The number of carbonyl (C=O) groups is 1. The molecule has 0 atom stereocenters. The SMILES string of the molecule is Cc1nnc(NC(=O)Cc2ccccc2N)s1. The summed E-state index contributed by atoms with van der Waals surface area (Å²) in [6, 6.07) is 7.30. The molecule has 0 bridgehead atoms. The van der Waals surface area contributed by atoms with Gasteiger partial charge in [-0.1, -0.05) is 29.5 Å². The van der Waals surface area contributed by atoms with Crippen molar-refractivity contribution < 1.29 is 4.79 Å². The van der Waals surface area contributed by atoms with E-state index in [0.29, 0.717) is 10.8 Å². The molecular formula is C11H12N4OS. The summed E-state index contributed by atoms with van der Waals surface area (Å²) in [7, 11) is 0. The maximum absolute atomic E-state index is 11.7. The predicted octanol–water partition coefficient (Wildman–Crippen LogP) is 1.61. The van der Waals surface area contributed by atoms with Crippen LogP contribution in [0.1, 0.15) is 10.6 Å². The molecule has 0 aliphatic rings. The van der Waals surface area contributed by atoms with Gasteiger partial charge in [0.1, 0.15) is 5.01 Å². The molecule has 0 fully saturated rings. The Labute approximate surface area is 103 Å². The first-order chi connectivity index (χ1) is 8.15. The van der Waals surface area contributed by atoms with E-state index in [-0.39, 0.29) is 12.3 Å². The van der Waals surface area contributed by atoms with E-state index in [9.17, 15) is 4.79 Å². The van der Waals surface area contributed by atoms with Crippen LogP contribution in [0.25, 0.3) is 0 Å². The van der Waals surface area contributed by atoms with Crippen LogP contribution in [0.4, 0.5) is 10.8 Å². The average Bonchev–Trinajstić information content (AvgIpc) is 2.67. The Bertz CT molecular complexity index is 538. The molecule has 1 heterocycles. The number of anilines is 2. The lowest BCUT2D eigenvalue weighted by molar-refractivity contribution is -0.115. The summed E-state index contributed by atoms with van der Waals surface area (Å²) in [5, 5.41) is 11.7. The number of para-hydroxylation sites is 1. The number of aryl methyl sites for hydroxylation is 1. The van der Waals surface area contributed by atoms with E-state index in [2.05, 4.69) is 15.5 Å². The number of amides is 1. The number of carbonyl (C=O) groups excluding carboxylic acids is 1. The molecule has 0 radical (unpaired) electrons. The summed E-state index contributed by atoms with van der Waals surface area (Å²) < 4.78 is 0. The van der Waals surface area contributed by atoms with Gasteiger partial charge in [0, 0.05) is 5.69 Å². The highest BCUT2D eigenvalue weighted by Crippen LogP contribution is 2.15. The Morgan fingerprint density at radius 2 is 2.18 bits per heavy atom. The molecule has 2 aromatic rings. The molecule has 0 saturated heterocycles. The summed E-state index contributed by atoms with van der Waals surface area (Å²) in [4.78, 5) is 11.7. The quantitative estimate of drug-likeness (QED) is 0.809. The number of nitrogens with one attached hydrogen (secondary N) is 1. The third-order valence-corrected chi connectivity index (χ3v) is 2.93. The van der Waals surface area contributed by atoms with Crippen LogP contribution in [0.15, 0.2) is 24.3 Å². The van der Waals surface area contributed by atoms with E-state index in [1.165, 1.54) is 11.3 Å². The second-order valence-electron chi connectivity index (χ2n) is 3.55. The third kappa shape index (κ3) is 3.01. The molecule has 0 spiro atoms. The van der Waals surface area contributed by atoms with Crippen molar-refractivity contribution in [2.24, 2.45) is 0 Å². The lowest BCUT2D eigenvalue weighted by Gasteiger charge is -2.04. The summed E-state index contributed by atoms with van der Waals surface area (Å²) in [5.74, 6) is -0.140. The standard InChI is InChI=1S/C11H12N4OS/c1-7-14-15-11(17-7)13-10(16)6-8-4-2-3-5-9(8)12/h2-5H,6,12H2,1H3,(H,13,15,16). The zero-order chi connectivity index (χ0) is 12.3. The van der Waals surface area contributed by atoms with Crippen molar-refractivity contribution in [3.63, 3.8) is 0 Å².